The van der Waals surface area contributed by atoms with Crippen molar-refractivity contribution >= 4 is 17.7 Å². The molecule has 1 saturated carbocycles. The fourth-order valence-electron chi connectivity index (χ4n) is 3.15. The average Bonchev–Trinajstić information content (AvgIpc) is 2.83. The summed E-state index contributed by atoms with van der Waals surface area (Å²) in [6, 6.07) is 9.28. The lowest BCUT2D eigenvalue weighted by Gasteiger charge is -2.38. The van der Waals surface area contributed by atoms with Crippen LogP contribution in [0.25, 0.3) is 0 Å². The highest BCUT2D eigenvalue weighted by atomic mass is 16.6. The number of cyclic esters (lactones) is 1. The summed E-state index contributed by atoms with van der Waals surface area (Å²) in [6.45, 7) is 1.85. The van der Waals surface area contributed by atoms with Gasteiger partial charge in [0.2, 0.25) is 5.90 Å². The Balaban J connectivity index is 2.05. The number of hydrogen-bond donors (Lipinski definition) is 0. The quantitative estimate of drug-likeness (QED) is 0.777. The molecule has 0 aromatic heterocycles. The van der Waals surface area contributed by atoms with Gasteiger partial charge >= 0.3 is 5.97 Å². The van der Waals surface area contributed by atoms with E-state index in [-0.39, 0.29) is 18.1 Å². The second-order valence-corrected chi connectivity index (χ2v) is 5.57. The van der Waals surface area contributed by atoms with E-state index in [2.05, 4.69) is 4.99 Å². The van der Waals surface area contributed by atoms with Gasteiger partial charge < -0.3 is 9.47 Å². The van der Waals surface area contributed by atoms with E-state index in [0.717, 1.165) is 5.56 Å². The number of ether oxygens (including phenoxy) is 2. The highest BCUT2D eigenvalue weighted by molar-refractivity contribution is 6.09. The zero-order valence-electron chi connectivity index (χ0n) is 12.0. The van der Waals surface area contributed by atoms with Gasteiger partial charge in [0.25, 0.3) is 0 Å². The SMILES string of the molecule is CO[C@H]1CC(=O)C[C@@H](C)[C@@]12N=C(c1ccccc1)OC2=O. The zero-order valence-corrected chi connectivity index (χ0v) is 12.0. The van der Waals surface area contributed by atoms with E-state index in [4.69, 9.17) is 9.47 Å². The molecule has 1 aromatic rings. The lowest BCUT2D eigenvalue weighted by molar-refractivity contribution is -0.152. The van der Waals surface area contributed by atoms with Crippen LogP contribution in [-0.2, 0) is 19.1 Å². The first-order valence-corrected chi connectivity index (χ1v) is 7.00. The molecule has 1 aromatic carbocycles. The van der Waals surface area contributed by atoms with Crippen LogP contribution in [0.1, 0.15) is 25.3 Å². The molecule has 5 heteroatoms. The normalized spacial score (nSPS) is 32.2. The van der Waals surface area contributed by atoms with Gasteiger partial charge in [0, 0.05) is 31.4 Å². The van der Waals surface area contributed by atoms with Gasteiger partial charge in [-0.1, -0.05) is 25.1 Å². The number of Topliss-reactive ketones (excluding diaryl/α,β-unsaturated/α-hetero) is 1. The second-order valence-electron chi connectivity index (χ2n) is 5.57. The number of benzene rings is 1. The molecule has 110 valence electrons. The third kappa shape index (κ3) is 2.08. The van der Waals surface area contributed by atoms with Gasteiger partial charge in [-0.3, -0.25) is 4.79 Å². The van der Waals surface area contributed by atoms with E-state index in [0.29, 0.717) is 12.3 Å². The number of hydrogen-bond acceptors (Lipinski definition) is 5. The molecule has 1 aliphatic carbocycles. The van der Waals surface area contributed by atoms with Crippen molar-refractivity contribution in [2.24, 2.45) is 10.9 Å². The summed E-state index contributed by atoms with van der Waals surface area (Å²) in [5.41, 5.74) is -0.352. The topological polar surface area (TPSA) is 65.0 Å². The Morgan fingerprint density at radius 3 is 2.62 bits per heavy atom. The molecule has 1 fully saturated rings. The molecule has 0 amide bonds. The first-order valence-electron chi connectivity index (χ1n) is 7.00. The Kier molecular flexibility index (Phi) is 3.37. The van der Waals surface area contributed by atoms with Crippen LogP contribution >= 0.6 is 0 Å². The van der Waals surface area contributed by atoms with Crippen molar-refractivity contribution in [3.05, 3.63) is 35.9 Å². The van der Waals surface area contributed by atoms with Crippen LogP contribution in [0.15, 0.2) is 35.3 Å². The van der Waals surface area contributed by atoms with E-state index < -0.39 is 17.6 Å². The van der Waals surface area contributed by atoms with Crippen molar-refractivity contribution in [2.75, 3.05) is 7.11 Å². The fourth-order valence-corrected chi connectivity index (χ4v) is 3.15. The summed E-state index contributed by atoms with van der Waals surface area (Å²) in [4.78, 5) is 28.8. The number of nitrogens with zero attached hydrogens (tertiary/aromatic N) is 1. The lowest BCUT2D eigenvalue weighted by Crippen LogP contribution is -2.56. The minimum atomic E-state index is -1.10. The van der Waals surface area contributed by atoms with Gasteiger partial charge in [-0.05, 0) is 12.1 Å². The predicted molar refractivity (Wildman–Crippen MR) is 76.0 cm³/mol. The average molecular weight is 287 g/mol. The number of ketones is 1. The first kappa shape index (κ1) is 13.9. The van der Waals surface area contributed by atoms with Gasteiger partial charge in [0.05, 0.1) is 0 Å². The van der Waals surface area contributed by atoms with E-state index in [1.54, 1.807) is 0 Å². The molecule has 1 heterocycles. The molecule has 0 saturated heterocycles. The molecule has 0 radical (unpaired) electrons. The first-order chi connectivity index (χ1) is 10.1. The maximum absolute atomic E-state index is 12.5. The Morgan fingerprint density at radius 1 is 1.24 bits per heavy atom. The van der Waals surface area contributed by atoms with E-state index in [9.17, 15) is 9.59 Å². The van der Waals surface area contributed by atoms with Gasteiger partial charge in [-0.2, -0.15) is 0 Å². The number of esters is 1. The van der Waals surface area contributed by atoms with Crippen LogP contribution in [0.2, 0.25) is 0 Å². The minimum Gasteiger partial charge on any atom is -0.405 e. The molecule has 3 rings (SSSR count). The molecule has 0 bridgehead atoms. The van der Waals surface area contributed by atoms with Crippen molar-refractivity contribution in [2.45, 2.75) is 31.4 Å². The van der Waals surface area contributed by atoms with E-state index in [1.165, 1.54) is 7.11 Å². The van der Waals surface area contributed by atoms with Gasteiger partial charge in [0.15, 0.2) is 5.54 Å². The third-order valence-electron chi connectivity index (χ3n) is 4.30. The van der Waals surface area contributed by atoms with Crippen LogP contribution in [-0.4, -0.2) is 36.4 Å². The predicted octanol–water partition coefficient (Wildman–Crippen LogP) is 1.74. The number of methoxy groups -OCH3 is 1. The molecule has 2 aliphatic rings. The number of aliphatic imine (C=N–C) groups is 1. The Hall–Kier alpha value is -2.01. The molecule has 21 heavy (non-hydrogen) atoms. The van der Waals surface area contributed by atoms with Gasteiger partial charge in [0.1, 0.15) is 11.9 Å². The van der Waals surface area contributed by atoms with Crippen LogP contribution in [0.3, 0.4) is 0 Å². The van der Waals surface area contributed by atoms with Gasteiger partial charge in [-0.25, -0.2) is 9.79 Å². The van der Waals surface area contributed by atoms with Crippen LogP contribution in [0.4, 0.5) is 0 Å². The van der Waals surface area contributed by atoms with Crippen LogP contribution in [0.5, 0.6) is 0 Å². The van der Waals surface area contributed by atoms with Gasteiger partial charge in [-0.15, -0.1) is 0 Å². The second kappa shape index (κ2) is 5.07. The fraction of sp³-hybridized carbons (Fsp3) is 0.438. The molecule has 5 nitrogen and oxygen atoms in total. The summed E-state index contributed by atoms with van der Waals surface area (Å²) in [5, 5.41) is 0. The van der Waals surface area contributed by atoms with Crippen molar-refractivity contribution in [3.8, 4) is 0 Å². The molecule has 1 aliphatic heterocycles. The maximum atomic E-state index is 12.5. The van der Waals surface area contributed by atoms with Crippen molar-refractivity contribution in [1.82, 2.24) is 0 Å². The zero-order chi connectivity index (χ0) is 15.0. The monoisotopic (exact) mass is 287 g/mol. The Bertz CT molecular complexity index is 610. The summed E-state index contributed by atoms with van der Waals surface area (Å²) in [7, 11) is 1.50. The largest absolute Gasteiger partial charge is 0.405 e. The van der Waals surface area contributed by atoms with Crippen LogP contribution < -0.4 is 0 Å². The third-order valence-corrected chi connectivity index (χ3v) is 4.30. The Labute approximate surface area is 123 Å². The minimum absolute atomic E-state index is 0.0936. The number of carbonyl (C=O) groups excluding carboxylic acids is 2. The highest BCUT2D eigenvalue weighted by Gasteiger charge is 2.59. The molecular formula is C16H17NO4. The molecule has 3 atom stereocenters. The molecule has 1 spiro atoms. The molecule has 0 N–H and O–H groups in total. The van der Waals surface area contributed by atoms with Crippen molar-refractivity contribution in [1.29, 1.82) is 0 Å². The number of rotatable bonds is 2. The van der Waals surface area contributed by atoms with Crippen molar-refractivity contribution in [3.63, 3.8) is 0 Å². The van der Waals surface area contributed by atoms with Crippen LogP contribution in [0, 0.1) is 5.92 Å². The standard InChI is InChI=1S/C16H17NO4/c1-10-8-12(18)9-13(20-2)16(10)15(19)21-14(17-16)11-6-4-3-5-7-11/h3-7,10,13H,8-9H2,1-2H3/t10-,13+,16-/m1/s1. The van der Waals surface area contributed by atoms with E-state index in [1.807, 2.05) is 37.3 Å². The maximum Gasteiger partial charge on any atom is 0.343 e. The Morgan fingerprint density at radius 2 is 1.95 bits per heavy atom. The van der Waals surface area contributed by atoms with Crippen molar-refractivity contribution < 1.29 is 19.1 Å². The summed E-state index contributed by atoms with van der Waals surface area (Å²) in [6.07, 6.45) is -0.0513. The summed E-state index contributed by atoms with van der Waals surface area (Å²) >= 11 is 0. The summed E-state index contributed by atoms with van der Waals surface area (Å²) < 4.78 is 10.8. The molecular weight excluding hydrogens is 270 g/mol. The smallest absolute Gasteiger partial charge is 0.343 e. The number of carbonyl (C=O) groups is 2. The van der Waals surface area contributed by atoms with E-state index >= 15 is 0 Å². The highest BCUT2D eigenvalue weighted by Crippen LogP contribution is 2.41. The molecule has 0 unspecified atom stereocenters. The lowest BCUT2D eigenvalue weighted by atomic mass is 9.71. The summed E-state index contributed by atoms with van der Waals surface area (Å²) in [5.74, 6) is -0.259.